The lowest BCUT2D eigenvalue weighted by atomic mass is 10.1. The predicted octanol–water partition coefficient (Wildman–Crippen LogP) is 1.46. The van der Waals surface area contributed by atoms with E-state index in [9.17, 15) is 4.79 Å². The second-order valence-electron chi connectivity index (χ2n) is 7.40. The van der Waals surface area contributed by atoms with Crippen LogP contribution >= 0.6 is 0 Å². The van der Waals surface area contributed by atoms with Crippen LogP contribution in [0.4, 0.5) is 0 Å². The van der Waals surface area contributed by atoms with Crippen LogP contribution in [0.15, 0.2) is 41.6 Å². The van der Waals surface area contributed by atoms with Gasteiger partial charge in [0.2, 0.25) is 0 Å². The summed E-state index contributed by atoms with van der Waals surface area (Å²) in [5, 5.41) is 6.73. The van der Waals surface area contributed by atoms with E-state index in [1.54, 1.807) is 10.8 Å². The number of nitrogens with zero attached hydrogens (tertiary/aromatic N) is 6. The monoisotopic (exact) mass is 406 g/mol. The van der Waals surface area contributed by atoms with E-state index >= 15 is 0 Å². The van der Waals surface area contributed by atoms with E-state index in [0.29, 0.717) is 22.8 Å². The van der Waals surface area contributed by atoms with Crippen LogP contribution in [-0.2, 0) is 4.74 Å². The SMILES string of the molecule is CC(CN1CCOCC1)n1c(=O)[nH]c2ncc(-c3ccc(-c4ncn[nH]4)cc3)nc21. The minimum atomic E-state index is -0.191. The molecular formula is C20H22N8O2. The van der Waals surface area contributed by atoms with E-state index in [0.717, 1.165) is 44.0 Å². The highest BCUT2D eigenvalue weighted by molar-refractivity contribution is 5.72. The van der Waals surface area contributed by atoms with Crippen LogP contribution in [0.5, 0.6) is 0 Å². The van der Waals surface area contributed by atoms with Crippen LogP contribution in [0, 0.1) is 0 Å². The van der Waals surface area contributed by atoms with Crippen LogP contribution < -0.4 is 5.69 Å². The third-order valence-corrected chi connectivity index (χ3v) is 5.36. The first kappa shape index (κ1) is 18.6. The third kappa shape index (κ3) is 3.51. The maximum atomic E-state index is 12.6. The van der Waals surface area contributed by atoms with Crippen molar-refractivity contribution in [1.29, 1.82) is 0 Å². The molecule has 0 radical (unpaired) electrons. The molecule has 1 unspecified atom stereocenters. The molecule has 0 amide bonds. The van der Waals surface area contributed by atoms with Crippen molar-refractivity contribution in [2.75, 3.05) is 32.8 Å². The van der Waals surface area contributed by atoms with Gasteiger partial charge in [0.05, 0.1) is 31.1 Å². The molecule has 1 aliphatic heterocycles. The Balaban J connectivity index is 1.46. The highest BCUT2D eigenvalue weighted by atomic mass is 16.5. The average Bonchev–Trinajstić information content (AvgIpc) is 3.41. The van der Waals surface area contributed by atoms with Crippen molar-refractivity contribution >= 4 is 11.3 Å². The van der Waals surface area contributed by atoms with E-state index in [4.69, 9.17) is 9.72 Å². The van der Waals surface area contributed by atoms with Crippen molar-refractivity contribution in [1.82, 2.24) is 39.6 Å². The van der Waals surface area contributed by atoms with E-state index in [2.05, 4.69) is 30.0 Å². The van der Waals surface area contributed by atoms with Gasteiger partial charge in [0, 0.05) is 30.8 Å². The number of fused-ring (bicyclic) bond motifs is 1. The number of benzene rings is 1. The fourth-order valence-corrected chi connectivity index (χ4v) is 3.82. The Bertz CT molecular complexity index is 1190. The van der Waals surface area contributed by atoms with Crippen molar-refractivity contribution < 1.29 is 4.74 Å². The van der Waals surface area contributed by atoms with E-state index < -0.39 is 0 Å². The molecule has 0 spiro atoms. The summed E-state index contributed by atoms with van der Waals surface area (Å²) >= 11 is 0. The van der Waals surface area contributed by atoms with E-state index in [-0.39, 0.29) is 11.7 Å². The topological polar surface area (TPSA) is 118 Å². The molecule has 30 heavy (non-hydrogen) atoms. The number of aromatic nitrogens is 7. The summed E-state index contributed by atoms with van der Waals surface area (Å²) in [6.07, 6.45) is 3.16. The van der Waals surface area contributed by atoms with Gasteiger partial charge in [-0.2, -0.15) is 5.10 Å². The molecule has 0 aliphatic carbocycles. The summed E-state index contributed by atoms with van der Waals surface area (Å²) in [5.41, 5.74) is 3.42. The Kier molecular flexibility index (Phi) is 4.85. The molecule has 1 saturated heterocycles. The van der Waals surface area contributed by atoms with Gasteiger partial charge in [-0.05, 0) is 6.92 Å². The van der Waals surface area contributed by atoms with Gasteiger partial charge in [-0.1, -0.05) is 24.3 Å². The molecule has 10 nitrogen and oxygen atoms in total. The van der Waals surface area contributed by atoms with Gasteiger partial charge in [-0.3, -0.25) is 19.5 Å². The summed E-state index contributed by atoms with van der Waals surface area (Å²) in [6.45, 7) is 5.98. The number of nitrogens with one attached hydrogen (secondary N) is 2. The largest absolute Gasteiger partial charge is 0.379 e. The Morgan fingerprint density at radius 2 is 1.90 bits per heavy atom. The quantitative estimate of drug-likeness (QED) is 0.515. The molecule has 5 rings (SSSR count). The fourth-order valence-electron chi connectivity index (χ4n) is 3.82. The minimum absolute atomic E-state index is 0.0391. The molecule has 10 heteroatoms. The molecule has 2 N–H and O–H groups in total. The molecule has 1 aliphatic rings. The normalized spacial score (nSPS) is 16.2. The Labute approximate surface area is 172 Å². The van der Waals surface area contributed by atoms with Gasteiger partial charge in [0.1, 0.15) is 6.33 Å². The molecule has 4 aromatic rings. The van der Waals surface area contributed by atoms with Gasteiger partial charge in [-0.25, -0.2) is 19.7 Å². The summed E-state index contributed by atoms with van der Waals surface area (Å²) in [6, 6.07) is 7.78. The zero-order chi connectivity index (χ0) is 20.5. The zero-order valence-electron chi connectivity index (χ0n) is 16.6. The average molecular weight is 406 g/mol. The summed E-state index contributed by atoms with van der Waals surface area (Å²) in [4.78, 5) is 31.1. The lowest BCUT2D eigenvalue weighted by molar-refractivity contribution is 0.0326. The number of ether oxygens (including phenoxy) is 1. The van der Waals surface area contributed by atoms with Crippen molar-refractivity contribution in [3.63, 3.8) is 0 Å². The number of morpholine rings is 1. The van der Waals surface area contributed by atoms with Gasteiger partial charge in [0.25, 0.3) is 0 Å². The molecule has 1 atom stereocenters. The molecule has 1 aromatic carbocycles. The summed E-state index contributed by atoms with van der Waals surface area (Å²) in [7, 11) is 0. The van der Waals surface area contributed by atoms with Gasteiger partial charge >= 0.3 is 5.69 Å². The Morgan fingerprint density at radius 3 is 2.63 bits per heavy atom. The maximum Gasteiger partial charge on any atom is 0.329 e. The number of rotatable bonds is 5. The fraction of sp³-hybridized carbons (Fsp3) is 0.350. The molecule has 4 heterocycles. The first-order valence-electron chi connectivity index (χ1n) is 9.92. The second kappa shape index (κ2) is 7.81. The van der Waals surface area contributed by atoms with Gasteiger partial charge < -0.3 is 4.74 Å². The third-order valence-electron chi connectivity index (χ3n) is 5.36. The lowest BCUT2D eigenvalue weighted by Crippen LogP contribution is -2.40. The van der Waals surface area contributed by atoms with Crippen LogP contribution in [0.3, 0.4) is 0 Å². The predicted molar refractivity (Wildman–Crippen MR) is 111 cm³/mol. The Morgan fingerprint density at radius 1 is 1.13 bits per heavy atom. The van der Waals surface area contributed by atoms with Crippen molar-refractivity contribution in [2.45, 2.75) is 13.0 Å². The second-order valence-corrected chi connectivity index (χ2v) is 7.40. The first-order valence-corrected chi connectivity index (χ1v) is 9.92. The van der Waals surface area contributed by atoms with E-state index in [1.165, 1.54) is 6.33 Å². The van der Waals surface area contributed by atoms with Gasteiger partial charge in [-0.15, -0.1) is 0 Å². The van der Waals surface area contributed by atoms with Crippen LogP contribution in [0.25, 0.3) is 33.9 Å². The van der Waals surface area contributed by atoms with E-state index in [1.807, 2.05) is 31.2 Å². The van der Waals surface area contributed by atoms with Gasteiger partial charge in [0.15, 0.2) is 17.1 Å². The number of H-pyrrole nitrogens is 2. The number of aromatic amines is 2. The highest BCUT2D eigenvalue weighted by Gasteiger charge is 2.20. The number of hydrogen-bond donors (Lipinski definition) is 2. The lowest BCUT2D eigenvalue weighted by Gasteiger charge is -2.29. The smallest absolute Gasteiger partial charge is 0.329 e. The molecule has 0 saturated carbocycles. The Hall–Kier alpha value is -3.37. The summed E-state index contributed by atoms with van der Waals surface area (Å²) in [5.74, 6) is 0.708. The number of hydrogen-bond acceptors (Lipinski definition) is 7. The molecule has 3 aromatic heterocycles. The number of imidazole rings is 1. The van der Waals surface area contributed by atoms with Crippen LogP contribution in [-0.4, -0.2) is 72.4 Å². The van der Waals surface area contributed by atoms with Crippen LogP contribution in [0.2, 0.25) is 0 Å². The van der Waals surface area contributed by atoms with Crippen molar-refractivity contribution in [3.05, 3.63) is 47.3 Å². The summed E-state index contributed by atoms with van der Waals surface area (Å²) < 4.78 is 7.11. The standard InChI is InChI=1S/C20H22N8O2/c1-13(11-27-6-8-30-9-7-27)28-19-18(25-20(28)29)21-10-16(24-19)14-2-4-15(5-3-14)17-22-12-23-26-17/h2-5,10,12-13H,6-9,11H2,1H3,(H,21,25,29)(H,22,23,26). The molecule has 1 fully saturated rings. The highest BCUT2D eigenvalue weighted by Crippen LogP contribution is 2.23. The minimum Gasteiger partial charge on any atom is -0.379 e. The van der Waals surface area contributed by atoms with Crippen molar-refractivity contribution in [3.8, 4) is 22.6 Å². The first-order chi connectivity index (χ1) is 14.7. The zero-order valence-corrected chi connectivity index (χ0v) is 16.6. The molecule has 154 valence electrons. The maximum absolute atomic E-state index is 12.6. The molecule has 0 bridgehead atoms. The van der Waals surface area contributed by atoms with Crippen molar-refractivity contribution in [2.24, 2.45) is 0 Å². The molecular weight excluding hydrogens is 384 g/mol. The van der Waals surface area contributed by atoms with Crippen LogP contribution in [0.1, 0.15) is 13.0 Å².